The van der Waals surface area contributed by atoms with Crippen molar-refractivity contribution < 1.29 is 9.53 Å². The summed E-state index contributed by atoms with van der Waals surface area (Å²) in [6, 6.07) is 5.46. The Morgan fingerprint density at radius 2 is 2.17 bits per heavy atom. The molecule has 0 aromatic heterocycles. The standard InChI is InChI=1S/C13H19N3O2/c1-8-7-18-9(2)6-16(8)12-4-3-10(13(15)17)5-11(12)14/h3-5,8-9H,6-7,14H2,1-2H3,(H2,15,17). The second-order valence-corrected chi connectivity index (χ2v) is 4.78. The van der Waals surface area contributed by atoms with Crippen LogP contribution >= 0.6 is 0 Å². The molecule has 98 valence electrons. The predicted molar refractivity (Wildman–Crippen MR) is 71.6 cm³/mol. The van der Waals surface area contributed by atoms with E-state index in [0.717, 1.165) is 12.2 Å². The summed E-state index contributed by atoms with van der Waals surface area (Å²) in [5.41, 5.74) is 13.2. The molecule has 5 heteroatoms. The average Bonchev–Trinajstić information content (AvgIpc) is 2.32. The molecule has 1 aliphatic rings. The zero-order valence-corrected chi connectivity index (χ0v) is 10.7. The molecule has 1 heterocycles. The maximum atomic E-state index is 11.1. The summed E-state index contributed by atoms with van der Waals surface area (Å²) in [5, 5.41) is 0. The van der Waals surface area contributed by atoms with Gasteiger partial charge in [-0.2, -0.15) is 0 Å². The number of nitrogens with zero attached hydrogens (tertiary/aromatic N) is 1. The smallest absolute Gasteiger partial charge is 0.248 e. The van der Waals surface area contributed by atoms with Crippen LogP contribution in [0.25, 0.3) is 0 Å². The monoisotopic (exact) mass is 249 g/mol. The molecule has 0 aliphatic carbocycles. The van der Waals surface area contributed by atoms with Crippen LogP contribution in [0.15, 0.2) is 18.2 Å². The molecule has 1 fully saturated rings. The lowest BCUT2D eigenvalue weighted by Crippen LogP contribution is -2.47. The highest BCUT2D eigenvalue weighted by atomic mass is 16.5. The second-order valence-electron chi connectivity index (χ2n) is 4.78. The number of rotatable bonds is 2. The van der Waals surface area contributed by atoms with E-state index in [1.54, 1.807) is 12.1 Å². The number of hydrogen-bond acceptors (Lipinski definition) is 4. The second kappa shape index (κ2) is 4.86. The molecule has 1 aromatic carbocycles. The topological polar surface area (TPSA) is 81.6 Å². The minimum absolute atomic E-state index is 0.177. The van der Waals surface area contributed by atoms with Crippen LogP contribution in [0, 0.1) is 0 Å². The van der Waals surface area contributed by atoms with Crippen molar-refractivity contribution in [3.8, 4) is 0 Å². The maximum Gasteiger partial charge on any atom is 0.248 e. The SMILES string of the molecule is CC1CN(c2ccc(C(N)=O)cc2N)C(C)CO1. The van der Waals surface area contributed by atoms with E-state index in [2.05, 4.69) is 11.8 Å². The van der Waals surface area contributed by atoms with Gasteiger partial charge >= 0.3 is 0 Å². The number of primary amides is 1. The Morgan fingerprint density at radius 3 is 2.78 bits per heavy atom. The third-order valence-corrected chi connectivity index (χ3v) is 3.23. The lowest BCUT2D eigenvalue weighted by molar-refractivity contribution is 0.0344. The summed E-state index contributed by atoms with van der Waals surface area (Å²) in [7, 11) is 0. The van der Waals surface area contributed by atoms with Crippen molar-refractivity contribution in [1.29, 1.82) is 0 Å². The van der Waals surface area contributed by atoms with Crippen LogP contribution in [0.4, 0.5) is 11.4 Å². The number of benzene rings is 1. The lowest BCUT2D eigenvalue weighted by Gasteiger charge is -2.39. The quantitative estimate of drug-likeness (QED) is 0.765. The van der Waals surface area contributed by atoms with E-state index < -0.39 is 5.91 Å². The van der Waals surface area contributed by atoms with Gasteiger partial charge in [-0.1, -0.05) is 0 Å². The van der Waals surface area contributed by atoms with Crippen molar-refractivity contribution in [2.45, 2.75) is 26.0 Å². The highest BCUT2D eigenvalue weighted by molar-refractivity contribution is 5.94. The van der Waals surface area contributed by atoms with E-state index in [4.69, 9.17) is 16.2 Å². The van der Waals surface area contributed by atoms with E-state index in [0.29, 0.717) is 17.9 Å². The van der Waals surface area contributed by atoms with Crippen LogP contribution in [0.1, 0.15) is 24.2 Å². The van der Waals surface area contributed by atoms with Gasteiger partial charge < -0.3 is 21.1 Å². The third kappa shape index (κ3) is 2.41. The molecule has 2 unspecified atom stereocenters. The van der Waals surface area contributed by atoms with Gasteiger partial charge in [0.1, 0.15) is 0 Å². The molecule has 0 bridgehead atoms. The molecular formula is C13H19N3O2. The summed E-state index contributed by atoms with van der Waals surface area (Å²) >= 11 is 0. The number of nitrogens with two attached hydrogens (primary N) is 2. The van der Waals surface area contributed by atoms with Gasteiger partial charge in [0.25, 0.3) is 0 Å². The van der Waals surface area contributed by atoms with Gasteiger partial charge in [0.05, 0.1) is 24.1 Å². The van der Waals surface area contributed by atoms with E-state index in [1.165, 1.54) is 0 Å². The first kappa shape index (κ1) is 12.7. The van der Waals surface area contributed by atoms with Gasteiger partial charge in [-0.3, -0.25) is 4.79 Å². The Labute approximate surface area is 107 Å². The van der Waals surface area contributed by atoms with Crippen molar-refractivity contribution in [1.82, 2.24) is 0 Å². The van der Waals surface area contributed by atoms with Crippen LogP contribution < -0.4 is 16.4 Å². The minimum Gasteiger partial charge on any atom is -0.397 e. The normalized spacial score (nSPS) is 24.0. The van der Waals surface area contributed by atoms with Crippen LogP contribution in [-0.4, -0.2) is 31.2 Å². The zero-order valence-electron chi connectivity index (χ0n) is 10.7. The fraction of sp³-hybridized carbons (Fsp3) is 0.462. The first-order chi connectivity index (χ1) is 8.49. The molecule has 1 saturated heterocycles. The summed E-state index contributed by atoms with van der Waals surface area (Å²) in [6.07, 6.45) is 0.177. The van der Waals surface area contributed by atoms with Crippen molar-refractivity contribution in [3.05, 3.63) is 23.8 Å². The number of ether oxygens (including phenoxy) is 1. The fourth-order valence-electron chi connectivity index (χ4n) is 2.21. The highest BCUT2D eigenvalue weighted by Crippen LogP contribution is 2.28. The summed E-state index contributed by atoms with van der Waals surface area (Å²) in [5.74, 6) is -0.461. The Hall–Kier alpha value is -1.75. The molecule has 2 rings (SSSR count). The first-order valence-corrected chi connectivity index (χ1v) is 6.06. The van der Waals surface area contributed by atoms with Gasteiger partial charge in [-0.05, 0) is 32.0 Å². The number of nitrogen functional groups attached to an aromatic ring is 1. The molecular weight excluding hydrogens is 230 g/mol. The molecule has 0 spiro atoms. The number of amides is 1. The minimum atomic E-state index is -0.461. The van der Waals surface area contributed by atoms with E-state index >= 15 is 0 Å². The van der Waals surface area contributed by atoms with Crippen molar-refractivity contribution in [2.75, 3.05) is 23.8 Å². The number of carbonyl (C=O) groups excluding carboxylic acids is 1. The molecule has 5 nitrogen and oxygen atoms in total. The summed E-state index contributed by atoms with van der Waals surface area (Å²) in [4.78, 5) is 13.3. The number of morpholine rings is 1. The molecule has 0 radical (unpaired) electrons. The molecule has 1 amide bonds. The molecule has 2 atom stereocenters. The molecule has 18 heavy (non-hydrogen) atoms. The van der Waals surface area contributed by atoms with Crippen molar-refractivity contribution in [3.63, 3.8) is 0 Å². The van der Waals surface area contributed by atoms with E-state index in [1.807, 2.05) is 13.0 Å². The number of hydrogen-bond donors (Lipinski definition) is 2. The predicted octanol–water partition coefficient (Wildman–Crippen LogP) is 0.981. The lowest BCUT2D eigenvalue weighted by atomic mass is 10.1. The van der Waals surface area contributed by atoms with Gasteiger partial charge in [0.15, 0.2) is 0 Å². The Kier molecular flexibility index (Phi) is 3.43. The maximum absolute atomic E-state index is 11.1. The Bertz CT molecular complexity index is 462. The summed E-state index contributed by atoms with van der Waals surface area (Å²) < 4.78 is 5.59. The highest BCUT2D eigenvalue weighted by Gasteiger charge is 2.25. The average molecular weight is 249 g/mol. The van der Waals surface area contributed by atoms with Crippen LogP contribution in [0.5, 0.6) is 0 Å². The van der Waals surface area contributed by atoms with Gasteiger partial charge in [-0.25, -0.2) is 0 Å². The van der Waals surface area contributed by atoms with Gasteiger partial charge in [-0.15, -0.1) is 0 Å². The largest absolute Gasteiger partial charge is 0.397 e. The van der Waals surface area contributed by atoms with E-state index in [9.17, 15) is 4.79 Å². The van der Waals surface area contributed by atoms with Gasteiger partial charge in [0, 0.05) is 18.2 Å². The van der Waals surface area contributed by atoms with E-state index in [-0.39, 0.29) is 12.1 Å². The zero-order chi connectivity index (χ0) is 13.3. The van der Waals surface area contributed by atoms with Gasteiger partial charge in [0.2, 0.25) is 5.91 Å². The molecule has 1 aromatic rings. The van der Waals surface area contributed by atoms with Crippen molar-refractivity contribution in [2.24, 2.45) is 5.73 Å². The molecule has 4 N–H and O–H groups in total. The Morgan fingerprint density at radius 1 is 1.44 bits per heavy atom. The van der Waals surface area contributed by atoms with Crippen LogP contribution in [0.3, 0.4) is 0 Å². The molecule has 0 saturated carbocycles. The summed E-state index contributed by atoms with van der Waals surface area (Å²) in [6.45, 7) is 5.60. The van der Waals surface area contributed by atoms with Crippen molar-refractivity contribution >= 4 is 17.3 Å². The number of anilines is 2. The first-order valence-electron chi connectivity index (χ1n) is 6.06. The number of carbonyl (C=O) groups is 1. The van der Waals surface area contributed by atoms with Crippen LogP contribution in [0.2, 0.25) is 0 Å². The third-order valence-electron chi connectivity index (χ3n) is 3.23. The fourth-order valence-corrected chi connectivity index (χ4v) is 2.21. The Balaban J connectivity index is 2.30. The molecule has 1 aliphatic heterocycles. The van der Waals surface area contributed by atoms with Crippen LogP contribution in [-0.2, 0) is 4.74 Å².